The molecule has 0 aliphatic heterocycles. The topological polar surface area (TPSA) is 46.8 Å². The fraction of sp³-hybridized carbons (Fsp3) is 0.150. The first-order valence-corrected chi connectivity index (χ1v) is 8.26. The highest BCUT2D eigenvalue weighted by Crippen LogP contribution is 2.24. The van der Waals surface area contributed by atoms with Crippen LogP contribution < -0.4 is 4.90 Å². The fourth-order valence-corrected chi connectivity index (χ4v) is 2.95. The largest absolute Gasteiger partial charge is 0.337 e. The van der Waals surface area contributed by atoms with Crippen LogP contribution in [0.15, 0.2) is 73.3 Å². The van der Waals surface area contributed by atoms with Crippen LogP contribution in [0.5, 0.6) is 0 Å². The molecule has 0 aliphatic carbocycles. The maximum atomic E-state index is 4.46. The SMILES string of the molecule is CC(c1ccc(-n2cnc3ccccc32)cc1)N(C)c1ncccn1. The maximum Gasteiger partial charge on any atom is 0.225 e. The average Bonchev–Trinajstić information content (AvgIpc) is 3.12. The molecule has 5 nitrogen and oxygen atoms in total. The summed E-state index contributed by atoms with van der Waals surface area (Å²) in [7, 11) is 2.01. The van der Waals surface area contributed by atoms with Crippen LogP contribution in [0.1, 0.15) is 18.5 Å². The summed E-state index contributed by atoms with van der Waals surface area (Å²) in [6.45, 7) is 2.15. The zero-order valence-corrected chi connectivity index (χ0v) is 14.2. The third-order valence-corrected chi connectivity index (χ3v) is 4.56. The zero-order valence-electron chi connectivity index (χ0n) is 14.2. The van der Waals surface area contributed by atoms with Gasteiger partial charge in [0, 0.05) is 25.1 Å². The summed E-state index contributed by atoms with van der Waals surface area (Å²) in [5.41, 5.74) is 4.42. The number of hydrogen-bond donors (Lipinski definition) is 0. The molecule has 1 unspecified atom stereocenters. The van der Waals surface area contributed by atoms with Crippen molar-refractivity contribution < 1.29 is 0 Å². The van der Waals surface area contributed by atoms with E-state index >= 15 is 0 Å². The Kier molecular flexibility index (Phi) is 3.90. The lowest BCUT2D eigenvalue weighted by Crippen LogP contribution is -2.23. The van der Waals surface area contributed by atoms with E-state index in [1.54, 1.807) is 12.4 Å². The Hall–Kier alpha value is -3.21. The van der Waals surface area contributed by atoms with Crippen molar-refractivity contribution in [3.8, 4) is 5.69 Å². The molecule has 0 saturated carbocycles. The van der Waals surface area contributed by atoms with Crippen LogP contribution in [0.25, 0.3) is 16.7 Å². The molecule has 0 spiro atoms. The number of imidazole rings is 1. The third kappa shape index (κ3) is 2.85. The number of anilines is 1. The molecule has 25 heavy (non-hydrogen) atoms. The molecular weight excluding hydrogens is 310 g/mol. The first-order chi connectivity index (χ1) is 12.2. The van der Waals surface area contributed by atoms with E-state index in [9.17, 15) is 0 Å². The second kappa shape index (κ2) is 6.36. The van der Waals surface area contributed by atoms with Gasteiger partial charge in [-0.2, -0.15) is 0 Å². The molecule has 0 aliphatic rings. The molecule has 2 aromatic carbocycles. The minimum absolute atomic E-state index is 0.177. The highest BCUT2D eigenvalue weighted by molar-refractivity contribution is 5.77. The Morgan fingerprint density at radius 2 is 1.60 bits per heavy atom. The number of benzene rings is 2. The van der Waals surface area contributed by atoms with Gasteiger partial charge in [-0.1, -0.05) is 24.3 Å². The van der Waals surface area contributed by atoms with Crippen molar-refractivity contribution in [1.29, 1.82) is 0 Å². The molecule has 1 atom stereocenters. The van der Waals surface area contributed by atoms with Crippen molar-refractivity contribution >= 4 is 17.0 Å². The van der Waals surface area contributed by atoms with Crippen LogP contribution in [-0.4, -0.2) is 26.6 Å². The first-order valence-electron chi connectivity index (χ1n) is 8.26. The summed E-state index contributed by atoms with van der Waals surface area (Å²) < 4.78 is 2.10. The molecule has 2 heterocycles. The van der Waals surface area contributed by atoms with Crippen molar-refractivity contribution in [3.05, 3.63) is 78.9 Å². The van der Waals surface area contributed by atoms with E-state index in [0.717, 1.165) is 22.7 Å². The van der Waals surface area contributed by atoms with Gasteiger partial charge in [0.25, 0.3) is 0 Å². The number of nitrogens with zero attached hydrogens (tertiary/aromatic N) is 5. The van der Waals surface area contributed by atoms with Gasteiger partial charge in [-0.3, -0.25) is 4.57 Å². The summed E-state index contributed by atoms with van der Waals surface area (Å²) in [6.07, 6.45) is 5.39. The molecule has 0 saturated heterocycles. The normalized spacial score (nSPS) is 12.2. The summed E-state index contributed by atoms with van der Waals surface area (Å²) in [5.74, 6) is 0.722. The smallest absolute Gasteiger partial charge is 0.225 e. The van der Waals surface area contributed by atoms with Crippen molar-refractivity contribution in [2.75, 3.05) is 11.9 Å². The highest BCUT2D eigenvalue weighted by atomic mass is 15.2. The first kappa shape index (κ1) is 15.3. The standard InChI is InChI=1S/C20H19N5/c1-15(24(2)20-21-12-5-13-22-20)16-8-10-17(11-9-16)25-14-23-18-6-3-4-7-19(18)25/h3-15H,1-2H3. The van der Waals surface area contributed by atoms with Gasteiger partial charge in [-0.25, -0.2) is 15.0 Å². The van der Waals surface area contributed by atoms with Crippen LogP contribution in [0.4, 0.5) is 5.95 Å². The second-order valence-corrected chi connectivity index (χ2v) is 6.03. The molecule has 0 fully saturated rings. The van der Waals surface area contributed by atoms with Crippen LogP contribution in [0.2, 0.25) is 0 Å². The van der Waals surface area contributed by atoms with Crippen molar-refractivity contribution in [1.82, 2.24) is 19.5 Å². The lowest BCUT2D eigenvalue weighted by molar-refractivity contribution is 0.715. The van der Waals surface area contributed by atoms with Crippen molar-refractivity contribution in [2.24, 2.45) is 0 Å². The van der Waals surface area contributed by atoms with Crippen molar-refractivity contribution in [2.45, 2.75) is 13.0 Å². The summed E-state index contributed by atoms with van der Waals surface area (Å²) in [5, 5.41) is 0. The van der Waals surface area contributed by atoms with Gasteiger partial charge in [0.2, 0.25) is 5.95 Å². The highest BCUT2D eigenvalue weighted by Gasteiger charge is 2.14. The van der Waals surface area contributed by atoms with Crippen LogP contribution in [0, 0.1) is 0 Å². The van der Waals surface area contributed by atoms with E-state index in [1.165, 1.54) is 5.56 Å². The molecule has 0 radical (unpaired) electrons. The number of rotatable bonds is 4. The van der Waals surface area contributed by atoms with Gasteiger partial charge < -0.3 is 4.90 Å². The Labute approximate surface area is 146 Å². The zero-order chi connectivity index (χ0) is 17.2. The molecule has 4 rings (SSSR count). The number of hydrogen-bond acceptors (Lipinski definition) is 4. The predicted molar refractivity (Wildman–Crippen MR) is 99.9 cm³/mol. The van der Waals surface area contributed by atoms with Crippen LogP contribution in [0.3, 0.4) is 0 Å². The van der Waals surface area contributed by atoms with Crippen LogP contribution in [-0.2, 0) is 0 Å². The maximum absolute atomic E-state index is 4.46. The van der Waals surface area contributed by atoms with Gasteiger partial charge in [-0.15, -0.1) is 0 Å². The molecule has 0 N–H and O–H groups in total. The Bertz CT molecular complexity index is 976. The summed E-state index contributed by atoms with van der Waals surface area (Å²) in [4.78, 5) is 15.2. The third-order valence-electron chi connectivity index (χ3n) is 4.56. The fourth-order valence-electron chi connectivity index (χ4n) is 2.95. The van der Waals surface area contributed by atoms with Crippen LogP contribution >= 0.6 is 0 Å². The molecule has 0 bridgehead atoms. The lowest BCUT2D eigenvalue weighted by atomic mass is 10.1. The Morgan fingerprint density at radius 3 is 2.36 bits per heavy atom. The molecular formula is C20H19N5. The van der Waals surface area contributed by atoms with Gasteiger partial charge in [-0.05, 0) is 42.8 Å². The lowest BCUT2D eigenvalue weighted by Gasteiger charge is -2.25. The van der Waals surface area contributed by atoms with Crippen molar-refractivity contribution in [3.63, 3.8) is 0 Å². The monoisotopic (exact) mass is 329 g/mol. The van der Waals surface area contributed by atoms with Gasteiger partial charge in [0.15, 0.2) is 0 Å². The Morgan fingerprint density at radius 1 is 0.880 bits per heavy atom. The number of para-hydroxylation sites is 2. The van der Waals surface area contributed by atoms with E-state index < -0.39 is 0 Å². The van der Waals surface area contributed by atoms with Gasteiger partial charge in [0.05, 0.1) is 17.1 Å². The minimum atomic E-state index is 0.177. The average molecular weight is 329 g/mol. The number of fused-ring (bicyclic) bond motifs is 1. The predicted octanol–water partition coefficient (Wildman–Crippen LogP) is 4.01. The van der Waals surface area contributed by atoms with E-state index in [1.807, 2.05) is 37.6 Å². The number of aromatic nitrogens is 4. The van der Waals surface area contributed by atoms with E-state index in [4.69, 9.17) is 0 Å². The summed E-state index contributed by atoms with van der Waals surface area (Å²) in [6, 6.07) is 18.7. The molecule has 124 valence electrons. The molecule has 5 heteroatoms. The molecule has 2 aromatic heterocycles. The van der Waals surface area contributed by atoms with Gasteiger partial charge in [0.1, 0.15) is 6.33 Å². The quantitative estimate of drug-likeness (QED) is 0.567. The molecule has 4 aromatic rings. The van der Waals surface area contributed by atoms with E-state index in [-0.39, 0.29) is 6.04 Å². The van der Waals surface area contributed by atoms with E-state index in [0.29, 0.717) is 0 Å². The molecule has 0 amide bonds. The Balaban J connectivity index is 1.62. The van der Waals surface area contributed by atoms with E-state index in [2.05, 4.69) is 61.7 Å². The second-order valence-electron chi connectivity index (χ2n) is 6.03. The minimum Gasteiger partial charge on any atom is -0.337 e. The van der Waals surface area contributed by atoms with Gasteiger partial charge >= 0.3 is 0 Å². The summed E-state index contributed by atoms with van der Waals surface area (Å²) >= 11 is 0.